The molecule has 0 saturated carbocycles. The minimum Gasteiger partial charge on any atom is -0.355 e. The van der Waals surface area contributed by atoms with Crippen molar-refractivity contribution in [1.82, 2.24) is 15.2 Å². The van der Waals surface area contributed by atoms with Crippen LogP contribution >= 0.6 is 0 Å². The van der Waals surface area contributed by atoms with Gasteiger partial charge in [0.1, 0.15) is 5.82 Å². The summed E-state index contributed by atoms with van der Waals surface area (Å²) >= 11 is 0. The average Bonchev–Trinajstić information content (AvgIpc) is 2.96. The summed E-state index contributed by atoms with van der Waals surface area (Å²) in [4.78, 5) is 9.76. The van der Waals surface area contributed by atoms with Crippen molar-refractivity contribution >= 4 is 5.82 Å². The largest absolute Gasteiger partial charge is 0.355 e. The maximum absolute atomic E-state index is 4.75. The number of likely N-dealkylation sites (N-methyl/N-ethyl adjacent to an activating group) is 1. The number of rotatable bonds is 7. The molecule has 118 valence electrons. The van der Waals surface area contributed by atoms with E-state index in [1.807, 2.05) is 0 Å². The molecule has 0 amide bonds. The molecule has 2 heterocycles. The number of aromatic nitrogens is 1. The Bertz CT molecular complexity index is 442. The van der Waals surface area contributed by atoms with E-state index in [4.69, 9.17) is 4.98 Å². The Morgan fingerprint density at radius 2 is 2.05 bits per heavy atom. The fraction of sp³-hybridized carbons (Fsp3) is 0.706. The standard InChI is InChI=1S/C17H30N4/c1-5-18-12-15-10-14(4)19-17(11-15)21-9-8-16(13-21)20(6-2)7-3/h10-11,16,18H,5-9,12-13H2,1-4H3. The van der Waals surface area contributed by atoms with Crippen molar-refractivity contribution in [2.75, 3.05) is 37.6 Å². The quantitative estimate of drug-likeness (QED) is 0.836. The zero-order valence-corrected chi connectivity index (χ0v) is 14.0. The van der Waals surface area contributed by atoms with E-state index in [1.165, 1.54) is 12.0 Å². The Kier molecular flexibility index (Phi) is 6.00. The van der Waals surface area contributed by atoms with Crippen LogP contribution in [0.3, 0.4) is 0 Å². The van der Waals surface area contributed by atoms with Gasteiger partial charge in [-0.1, -0.05) is 20.8 Å². The van der Waals surface area contributed by atoms with E-state index in [0.717, 1.165) is 50.8 Å². The molecule has 0 aromatic carbocycles. The Morgan fingerprint density at radius 1 is 1.29 bits per heavy atom. The van der Waals surface area contributed by atoms with E-state index in [0.29, 0.717) is 6.04 Å². The van der Waals surface area contributed by atoms with Crippen LogP contribution in [0.25, 0.3) is 0 Å². The topological polar surface area (TPSA) is 31.4 Å². The first-order valence-electron chi connectivity index (χ1n) is 8.35. The molecule has 4 heteroatoms. The smallest absolute Gasteiger partial charge is 0.129 e. The molecule has 1 fully saturated rings. The Labute approximate surface area is 129 Å². The number of anilines is 1. The van der Waals surface area contributed by atoms with Crippen molar-refractivity contribution < 1.29 is 0 Å². The van der Waals surface area contributed by atoms with E-state index in [9.17, 15) is 0 Å². The SMILES string of the molecule is CCNCc1cc(C)nc(N2CCC(N(CC)CC)C2)c1. The molecular formula is C17H30N4. The number of nitrogens with one attached hydrogen (secondary N) is 1. The molecule has 0 aliphatic carbocycles. The van der Waals surface area contributed by atoms with E-state index < -0.39 is 0 Å². The highest BCUT2D eigenvalue weighted by atomic mass is 15.3. The molecule has 1 unspecified atom stereocenters. The predicted octanol–water partition coefficient (Wildman–Crippen LogP) is 2.42. The Hall–Kier alpha value is -1.13. The fourth-order valence-electron chi connectivity index (χ4n) is 3.24. The van der Waals surface area contributed by atoms with Crippen molar-refractivity contribution in [3.05, 3.63) is 23.4 Å². The van der Waals surface area contributed by atoms with Gasteiger partial charge in [-0.25, -0.2) is 4.98 Å². The first kappa shape index (κ1) is 16.2. The maximum atomic E-state index is 4.75. The minimum atomic E-state index is 0.680. The summed E-state index contributed by atoms with van der Waals surface area (Å²) < 4.78 is 0. The van der Waals surface area contributed by atoms with Crippen molar-refractivity contribution in [3.63, 3.8) is 0 Å². The molecule has 1 N–H and O–H groups in total. The van der Waals surface area contributed by atoms with Gasteiger partial charge in [0.05, 0.1) is 0 Å². The summed E-state index contributed by atoms with van der Waals surface area (Å²) in [5.41, 5.74) is 2.46. The molecule has 1 aliphatic heterocycles. The lowest BCUT2D eigenvalue weighted by Crippen LogP contribution is -2.37. The normalized spacial score (nSPS) is 18.7. The highest BCUT2D eigenvalue weighted by Gasteiger charge is 2.27. The van der Waals surface area contributed by atoms with Gasteiger partial charge < -0.3 is 10.2 Å². The molecule has 4 nitrogen and oxygen atoms in total. The highest BCUT2D eigenvalue weighted by molar-refractivity contribution is 5.44. The van der Waals surface area contributed by atoms with Crippen LogP contribution in [0, 0.1) is 6.92 Å². The molecule has 1 atom stereocenters. The van der Waals surface area contributed by atoms with Crippen LogP contribution in [0.2, 0.25) is 0 Å². The zero-order chi connectivity index (χ0) is 15.2. The van der Waals surface area contributed by atoms with E-state index >= 15 is 0 Å². The van der Waals surface area contributed by atoms with Gasteiger partial charge >= 0.3 is 0 Å². The molecular weight excluding hydrogens is 260 g/mol. The summed E-state index contributed by atoms with van der Waals surface area (Å²) in [7, 11) is 0. The van der Waals surface area contributed by atoms with E-state index in [-0.39, 0.29) is 0 Å². The van der Waals surface area contributed by atoms with Crippen molar-refractivity contribution in [2.45, 2.75) is 46.7 Å². The third-order valence-electron chi connectivity index (χ3n) is 4.39. The Morgan fingerprint density at radius 3 is 2.71 bits per heavy atom. The molecule has 1 aliphatic rings. The lowest BCUT2D eigenvalue weighted by Gasteiger charge is -2.26. The fourth-order valence-corrected chi connectivity index (χ4v) is 3.24. The summed E-state index contributed by atoms with van der Waals surface area (Å²) in [6.07, 6.45) is 1.25. The van der Waals surface area contributed by atoms with Crippen LogP contribution < -0.4 is 10.2 Å². The number of pyridine rings is 1. The first-order chi connectivity index (χ1) is 10.2. The van der Waals surface area contributed by atoms with Gasteiger partial charge in [-0.15, -0.1) is 0 Å². The third kappa shape index (κ3) is 4.17. The third-order valence-corrected chi connectivity index (χ3v) is 4.39. The van der Waals surface area contributed by atoms with Crippen LogP contribution in [0.5, 0.6) is 0 Å². The molecule has 2 rings (SSSR count). The molecule has 1 saturated heterocycles. The molecule has 0 bridgehead atoms. The van der Waals surface area contributed by atoms with Crippen LogP contribution in [0.15, 0.2) is 12.1 Å². The summed E-state index contributed by atoms with van der Waals surface area (Å²) in [6, 6.07) is 5.12. The van der Waals surface area contributed by atoms with Gasteiger partial charge in [-0.2, -0.15) is 0 Å². The second kappa shape index (κ2) is 7.76. The molecule has 0 spiro atoms. The van der Waals surface area contributed by atoms with Crippen LogP contribution in [0.4, 0.5) is 5.82 Å². The predicted molar refractivity (Wildman–Crippen MR) is 89.9 cm³/mol. The van der Waals surface area contributed by atoms with Crippen LogP contribution in [-0.2, 0) is 6.54 Å². The van der Waals surface area contributed by atoms with Gasteiger partial charge in [-0.3, -0.25) is 4.90 Å². The number of hydrogen-bond donors (Lipinski definition) is 1. The number of aryl methyl sites for hydroxylation is 1. The van der Waals surface area contributed by atoms with E-state index in [2.05, 4.69) is 54.9 Å². The van der Waals surface area contributed by atoms with E-state index in [1.54, 1.807) is 0 Å². The molecule has 21 heavy (non-hydrogen) atoms. The van der Waals surface area contributed by atoms with Crippen LogP contribution in [-0.4, -0.2) is 48.6 Å². The number of nitrogens with zero attached hydrogens (tertiary/aromatic N) is 3. The average molecular weight is 290 g/mol. The van der Waals surface area contributed by atoms with Crippen molar-refractivity contribution in [3.8, 4) is 0 Å². The van der Waals surface area contributed by atoms with Crippen LogP contribution in [0.1, 0.15) is 38.4 Å². The molecule has 1 aromatic rings. The number of hydrogen-bond acceptors (Lipinski definition) is 4. The monoisotopic (exact) mass is 290 g/mol. The summed E-state index contributed by atoms with van der Waals surface area (Å²) in [5.74, 6) is 1.15. The first-order valence-corrected chi connectivity index (χ1v) is 8.35. The minimum absolute atomic E-state index is 0.680. The lowest BCUT2D eigenvalue weighted by atomic mass is 10.2. The van der Waals surface area contributed by atoms with Gasteiger partial charge in [-0.05, 0) is 50.7 Å². The summed E-state index contributed by atoms with van der Waals surface area (Å²) in [6.45, 7) is 15.2. The Balaban J connectivity index is 2.06. The highest BCUT2D eigenvalue weighted by Crippen LogP contribution is 2.23. The second-order valence-electron chi connectivity index (χ2n) is 5.87. The molecule has 1 aromatic heterocycles. The maximum Gasteiger partial charge on any atom is 0.129 e. The van der Waals surface area contributed by atoms with Crippen molar-refractivity contribution in [1.29, 1.82) is 0 Å². The van der Waals surface area contributed by atoms with Gasteiger partial charge in [0.15, 0.2) is 0 Å². The van der Waals surface area contributed by atoms with Gasteiger partial charge in [0, 0.05) is 31.4 Å². The zero-order valence-electron chi connectivity index (χ0n) is 14.0. The molecule has 0 radical (unpaired) electrons. The van der Waals surface area contributed by atoms with Crippen molar-refractivity contribution in [2.24, 2.45) is 0 Å². The second-order valence-corrected chi connectivity index (χ2v) is 5.87. The van der Waals surface area contributed by atoms with Gasteiger partial charge in [0.25, 0.3) is 0 Å². The lowest BCUT2D eigenvalue weighted by molar-refractivity contribution is 0.232. The summed E-state index contributed by atoms with van der Waals surface area (Å²) in [5, 5.41) is 3.40. The van der Waals surface area contributed by atoms with Gasteiger partial charge in [0.2, 0.25) is 0 Å².